The highest BCUT2D eigenvalue weighted by Gasteiger charge is 2.27. The Bertz CT molecular complexity index is 882. The minimum Gasteiger partial charge on any atom is -0.465 e. The molecule has 0 N–H and O–H groups in total. The molecule has 3 rings (SSSR count). The normalized spacial score (nSPS) is 16.5. The summed E-state index contributed by atoms with van der Waals surface area (Å²) in [5.74, 6) is -0.356. The van der Waals surface area contributed by atoms with E-state index in [1.54, 1.807) is 13.0 Å². The maximum Gasteiger partial charge on any atom is 0.324 e. The highest BCUT2D eigenvalue weighted by molar-refractivity contribution is 8.00. The molecule has 7 nitrogen and oxygen atoms in total. The number of hydrogen-bond acceptors (Lipinski definition) is 7. The van der Waals surface area contributed by atoms with Crippen molar-refractivity contribution < 1.29 is 22.7 Å². The summed E-state index contributed by atoms with van der Waals surface area (Å²) in [6.45, 7) is 3.48. The Hall–Kier alpha value is -1.94. The number of benzene rings is 1. The van der Waals surface area contributed by atoms with Crippen molar-refractivity contribution in [1.29, 1.82) is 0 Å². The van der Waals surface area contributed by atoms with E-state index in [1.807, 2.05) is 30.3 Å². The van der Waals surface area contributed by atoms with Crippen LogP contribution in [0, 0.1) is 0 Å². The molecule has 0 saturated carbocycles. The second kappa shape index (κ2) is 9.51. The number of ether oxygens (including phenoxy) is 2. The standard InChI is InChI=1S/C19H22N2O5S2/c1-2-26-19(22)18(15-6-4-3-5-7-15)27-17-9-8-16(14-20-17)28(23,24)21-10-12-25-13-11-21/h3-9,14,18H,2,10-13H2,1H3. The second-order valence-electron chi connectivity index (χ2n) is 6.01. The summed E-state index contributed by atoms with van der Waals surface area (Å²) in [5, 5.41) is -0.0295. The smallest absolute Gasteiger partial charge is 0.324 e. The molecule has 1 aliphatic heterocycles. The molecule has 0 radical (unpaired) electrons. The van der Waals surface area contributed by atoms with Gasteiger partial charge >= 0.3 is 5.97 Å². The molecule has 1 atom stereocenters. The summed E-state index contributed by atoms with van der Waals surface area (Å²) in [6, 6.07) is 12.4. The maximum atomic E-state index is 12.7. The number of pyridine rings is 1. The van der Waals surface area contributed by atoms with Gasteiger partial charge in [-0.3, -0.25) is 4.79 Å². The Morgan fingerprint density at radius 2 is 1.93 bits per heavy atom. The molecule has 1 aliphatic rings. The first kappa shape index (κ1) is 20.8. The van der Waals surface area contributed by atoms with E-state index in [9.17, 15) is 13.2 Å². The first-order chi connectivity index (χ1) is 13.5. The molecule has 28 heavy (non-hydrogen) atoms. The van der Waals surface area contributed by atoms with Crippen LogP contribution in [0.15, 0.2) is 58.6 Å². The monoisotopic (exact) mass is 422 g/mol. The predicted molar refractivity (Wildman–Crippen MR) is 105 cm³/mol. The van der Waals surface area contributed by atoms with Crippen molar-refractivity contribution in [1.82, 2.24) is 9.29 Å². The summed E-state index contributed by atoms with van der Waals surface area (Å²) in [4.78, 5) is 16.8. The molecule has 0 amide bonds. The summed E-state index contributed by atoms with van der Waals surface area (Å²) in [7, 11) is -3.59. The Balaban J connectivity index is 1.78. The lowest BCUT2D eigenvalue weighted by Crippen LogP contribution is -2.40. The van der Waals surface area contributed by atoms with E-state index in [4.69, 9.17) is 9.47 Å². The third kappa shape index (κ3) is 4.91. The van der Waals surface area contributed by atoms with Crippen LogP contribution in [0.25, 0.3) is 0 Å². The molecule has 1 unspecified atom stereocenters. The molecule has 9 heteroatoms. The lowest BCUT2D eigenvalue weighted by molar-refractivity contribution is -0.142. The number of thioether (sulfide) groups is 1. The first-order valence-electron chi connectivity index (χ1n) is 8.94. The van der Waals surface area contributed by atoms with Crippen molar-refractivity contribution in [2.24, 2.45) is 0 Å². The Morgan fingerprint density at radius 3 is 2.54 bits per heavy atom. The first-order valence-corrected chi connectivity index (χ1v) is 11.3. The molecule has 0 aliphatic carbocycles. The zero-order valence-corrected chi connectivity index (χ0v) is 17.1. The molecule has 150 valence electrons. The number of rotatable bonds is 7. The Labute approximate surface area is 169 Å². The Kier molecular flexibility index (Phi) is 7.06. The van der Waals surface area contributed by atoms with Gasteiger partial charge in [-0.2, -0.15) is 4.31 Å². The highest BCUT2D eigenvalue weighted by atomic mass is 32.2. The van der Waals surface area contributed by atoms with Gasteiger partial charge in [0.25, 0.3) is 0 Å². The van der Waals surface area contributed by atoms with Gasteiger partial charge in [0.2, 0.25) is 10.0 Å². The molecular weight excluding hydrogens is 400 g/mol. The van der Waals surface area contributed by atoms with Gasteiger partial charge in [0.1, 0.15) is 10.1 Å². The van der Waals surface area contributed by atoms with E-state index in [2.05, 4.69) is 4.98 Å². The van der Waals surface area contributed by atoms with E-state index >= 15 is 0 Å². The molecule has 2 heterocycles. The van der Waals surface area contributed by atoms with E-state index in [0.29, 0.717) is 31.3 Å². The van der Waals surface area contributed by atoms with Crippen LogP contribution in [0.5, 0.6) is 0 Å². The van der Waals surface area contributed by atoms with Crippen molar-refractivity contribution in [3.63, 3.8) is 0 Å². The van der Waals surface area contributed by atoms with Crippen molar-refractivity contribution in [2.75, 3.05) is 32.9 Å². The van der Waals surface area contributed by atoms with Gasteiger partial charge in [-0.1, -0.05) is 42.1 Å². The number of nitrogens with zero attached hydrogens (tertiary/aromatic N) is 2. The van der Waals surface area contributed by atoms with Crippen molar-refractivity contribution in [2.45, 2.75) is 22.1 Å². The molecule has 1 aromatic carbocycles. The van der Waals surface area contributed by atoms with Gasteiger partial charge < -0.3 is 9.47 Å². The number of hydrogen-bond donors (Lipinski definition) is 0. The number of morpholine rings is 1. The van der Waals surface area contributed by atoms with E-state index in [1.165, 1.54) is 28.3 Å². The molecule has 0 bridgehead atoms. The van der Waals surface area contributed by atoms with Crippen LogP contribution in [-0.2, 0) is 24.3 Å². The molecule has 1 aromatic heterocycles. The van der Waals surface area contributed by atoms with Gasteiger partial charge in [-0.25, -0.2) is 13.4 Å². The predicted octanol–water partition coefficient (Wildman–Crippen LogP) is 2.50. The van der Waals surface area contributed by atoms with E-state index in [-0.39, 0.29) is 17.5 Å². The van der Waals surface area contributed by atoms with Crippen molar-refractivity contribution in [3.8, 4) is 0 Å². The molecular formula is C19H22N2O5S2. The van der Waals surface area contributed by atoms with Crippen molar-refractivity contribution in [3.05, 3.63) is 54.2 Å². The minimum atomic E-state index is -3.59. The quantitative estimate of drug-likeness (QED) is 0.500. The van der Waals surface area contributed by atoms with Gasteiger partial charge in [0.15, 0.2) is 0 Å². The third-order valence-corrected chi connectivity index (χ3v) is 7.22. The molecule has 1 saturated heterocycles. The van der Waals surface area contributed by atoms with E-state index in [0.717, 1.165) is 5.56 Å². The van der Waals surface area contributed by atoms with Crippen LogP contribution in [0.3, 0.4) is 0 Å². The van der Waals surface area contributed by atoms with Crippen LogP contribution in [-0.4, -0.2) is 56.6 Å². The number of sulfonamides is 1. The summed E-state index contributed by atoms with van der Waals surface area (Å²) < 4.78 is 37.2. The topological polar surface area (TPSA) is 85.8 Å². The third-order valence-electron chi connectivity index (χ3n) is 4.16. The number of carbonyl (C=O) groups is 1. The van der Waals surface area contributed by atoms with Gasteiger partial charge in [0.05, 0.1) is 24.8 Å². The zero-order valence-electron chi connectivity index (χ0n) is 15.5. The molecule has 1 fully saturated rings. The summed E-state index contributed by atoms with van der Waals surface area (Å²) in [5.41, 5.74) is 0.803. The van der Waals surface area contributed by atoms with Crippen LogP contribution in [0.2, 0.25) is 0 Å². The van der Waals surface area contributed by atoms with E-state index < -0.39 is 15.3 Å². The zero-order chi connectivity index (χ0) is 20.0. The fourth-order valence-electron chi connectivity index (χ4n) is 2.74. The largest absolute Gasteiger partial charge is 0.465 e. The second-order valence-corrected chi connectivity index (χ2v) is 9.07. The lowest BCUT2D eigenvalue weighted by Gasteiger charge is -2.25. The van der Waals surface area contributed by atoms with Crippen LogP contribution in [0.4, 0.5) is 0 Å². The summed E-state index contributed by atoms with van der Waals surface area (Å²) in [6.07, 6.45) is 1.33. The minimum absolute atomic E-state index is 0.131. The SMILES string of the molecule is CCOC(=O)C(Sc1ccc(S(=O)(=O)N2CCOCC2)cn1)c1ccccc1. The van der Waals surface area contributed by atoms with Gasteiger partial charge in [0, 0.05) is 19.3 Å². The maximum absolute atomic E-state index is 12.7. The Morgan fingerprint density at radius 1 is 1.21 bits per heavy atom. The highest BCUT2D eigenvalue weighted by Crippen LogP contribution is 2.35. The fraction of sp³-hybridized carbons (Fsp3) is 0.368. The average Bonchev–Trinajstić information content (AvgIpc) is 2.74. The van der Waals surface area contributed by atoms with Crippen LogP contribution < -0.4 is 0 Å². The van der Waals surface area contributed by atoms with Gasteiger partial charge in [-0.15, -0.1) is 0 Å². The number of aromatic nitrogens is 1. The number of esters is 1. The van der Waals surface area contributed by atoms with Crippen LogP contribution in [0.1, 0.15) is 17.7 Å². The molecule has 0 spiro atoms. The summed E-state index contributed by atoms with van der Waals surface area (Å²) >= 11 is 1.23. The fourth-order valence-corrected chi connectivity index (χ4v) is 5.06. The number of carbonyl (C=O) groups excluding carboxylic acids is 1. The van der Waals surface area contributed by atoms with Gasteiger partial charge in [-0.05, 0) is 24.6 Å². The molecule has 2 aromatic rings. The van der Waals surface area contributed by atoms with Crippen LogP contribution >= 0.6 is 11.8 Å². The lowest BCUT2D eigenvalue weighted by atomic mass is 10.1. The average molecular weight is 423 g/mol. The van der Waals surface area contributed by atoms with Crippen molar-refractivity contribution >= 4 is 27.8 Å².